The number of fused-ring (bicyclic) bond motifs is 3. The molecule has 1 atom stereocenters. The quantitative estimate of drug-likeness (QED) is 0.679. The number of benzene rings is 1. The van der Waals surface area contributed by atoms with E-state index in [1.54, 1.807) is 0 Å². The predicted octanol–water partition coefficient (Wildman–Crippen LogP) is 2.58. The van der Waals surface area contributed by atoms with E-state index < -0.39 is 0 Å². The number of rotatable bonds is 4. The predicted molar refractivity (Wildman–Crippen MR) is 94.8 cm³/mol. The smallest absolute Gasteiger partial charge is 0.315 e. The van der Waals surface area contributed by atoms with Crippen molar-refractivity contribution in [2.24, 2.45) is 0 Å². The van der Waals surface area contributed by atoms with Crippen molar-refractivity contribution in [2.75, 3.05) is 11.9 Å². The molecule has 7 heteroatoms. The third-order valence-electron chi connectivity index (χ3n) is 4.63. The van der Waals surface area contributed by atoms with Crippen LogP contribution in [0.5, 0.6) is 0 Å². The molecule has 2 heterocycles. The van der Waals surface area contributed by atoms with Crippen molar-refractivity contribution >= 4 is 22.8 Å². The van der Waals surface area contributed by atoms with Crippen molar-refractivity contribution in [2.45, 2.75) is 39.2 Å². The summed E-state index contributed by atoms with van der Waals surface area (Å²) in [7, 11) is 0. The molecule has 3 N–H and O–H groups in total. The lowest BCUT2D eigenvalue weighted by molar-refractivity contribution is 0.0899. The summed E-state index contributed by atoms with van der Waals surface area (Å²) >= 11 is 0. The van der Waals surface area contributed by atoms with Gasteiger partial charge in [0, 0.05) is 29.2 Å². The highest BCUT2D eigenvalue weighted by atomic mass is 16.4. The van der Waals surface area contributed by atoms with E-state index in [1.165, 1.54) is 22.2 Å². The van der Waals surface area contributed by atoms with Crippen molar-refractivity contribution in [1.82, 2.24) is 20.5 Å². The third-order valence-corrected chi connectivity index (χ3v) is 4.63. The van der Waals surface area contributed by atoms with Crippen LogP contribution in [0.2, 0.25) is 0 Å². The fourth-order valence-corrected chi connectivity index (χ4v) is 3.44. The molecule has 0 spiro atoms. The molecular weight excluding hydrogens is 318 g/mol. The van der Waals surface area contributed by atoms with Gasteiger partial charge in [-0.1, -0.05) is 16.7 Å². The summed E-state index contributed by atoms with van der Waals surface area (Å²) in [6, 6.07) is 6.77. The number of nitrogens with one attached hydrogen (secondary N) is 3. The molecule has 4 rings (SSSR count). The highest BCUT2D eigenvalue weighted by molar-refractivity contribution is 5.90. The molecule has 0 fully saturated rings. The minimum absolute atomic E-state index is 0.00322. The Bertz CT molecular complexity index is 927. The lowest BCUT2D eigenvalue weighted by atomic mass is 9.91. The molecule has 1 amide bonds. The van der Waals surface area contributed by atoms with Crippen molar-refractivity contribution in [3.63, 3.8) is 0 Å². The number of hydrogen-bond donors (Lipinski definition) is 3. The van der Waals surface area contributed by atoms with Crippen LogP contribution in [0.3, 0.4) is 0 Å². The first-order valence-electron chi connectivity index (χ1n) is 8.62. The summed E-state index contributed by atoms with van der Waals surface area (Å²) < 4.78 is 5.32. The molecule has 0 radical (unpaired) electrons. The molecule has 3 aromatic rings. The van der Waals surface area contributed by atoms with E-state index >= 15 is 0 Å². The fourth-order valence-electron chi connectivity index (χ4n) is 3.44. The monoisotopic (exact) mass is 339 g/mol. The van der Waals surface area contributed by atoms with Gasteiger partial charge in [-0.2, -0.15) is 0 Å². The van der Waals surface area contributed by atoms with E-state index in [4.69, 9.17) is 4.42 Å². The highest BCUT2D eigenvalue weighted by Gasteiger charge is 2.25. The van der Waals surface area contributed by atoms with E-state index in [-0.39, 0.29) is 23.9 Å². The molecule has 0 saturated carbocycles. The molecule has 7 nitrogen and oxygen atoms in total. The second kappa shape index (κ2) is 6.23. The number of anilines is 1. The molecule has 1 aliphatic rings. The fraction of sp³-hybridized carbons (Fsp3) is 0.389. The lowest BCUT2D eigenvalue weighted by Crippen LogP contribution is -2.38. The number of nitrogens with zero attached hydrogens (tertiary/aromatic N) is 2. The van der Waals surface area contributed by atoms with Crippen LogP contribution >= 0.6 is 0 Å². The van der Waals surface area contributed by atoms with Gasteiger partial charge in [-0.15, -0.1) is 5.10 Å². The van der Waals surface area contributed by atoms with Crippen LogP contribution in [-0.4, -0.2) is 33.7 Å². The number of carbonyl (C=O) groups is 1. The van der Waals surface area contributed by atoms with Gasteiger partial charge < -0.3 is 20.0 Å². The summed E-state index contributed by atoms with van der Waals surface area (Å²) in [6.45, 7) is 4.68. The Hall–Kier alpha value is -2.83. The number of aryl methyl sites for hydroxylation is 2. The number of amides is 1. The second-order valence-corrected chi connectivity index (χ2v) is 6.49. The van der Waals surface area contributed by atoms with Gasteiger partial charge in [0.15, 0.2) is 0 Å². The van der Waals surface area contributed by atoms with Crippen molar-refractivity contribution < 1.29 is 9.21 Å². The van der Waals surface area contributed by atoms with Crippen LogP contribution in [0.25, 0.3) is 10.9 Å². The van der Waals surface area contributed by atoms with Crippen LogP contribution in [-0.2, 0) is 12.8 Å². The molecule has 0 saturated heterocycles. The van der Waals surface area contributed by atoms with E-state index in [2.05, 4.69) is 50.9 Å². The van der Waals surface area contributed by atoms with Gasteiger partial charge in [-0.3, -0.25) is 4.79 Å². The number of hydrogen-bond acceptors (Lipinski definition) is 5. The molecule has 1 aliphatic carbocycles. The van der Waals surface area contributed by atoms with E-state index in [0.717, 1.165) is 24.8 Å². The summed E-state index contributed by atoms with van der Waals surface area (Å²) in [6.07, 6.45) is 2.61. The lowest BCUT2D eigenvalue weighted by Gasteiger charge is -2.23. The van der Waals surface area contributed by atoms with Gasteiger partial charge in [-0.05, 0) is 50.8 Å². The van der Waals surface area contributed by atoms with Gasteiger partial charge in [0.2, 0.25) is 0 Å². The average Bonchev–Trinajstić information content (AvgIpc) is 3.20. The molecule has 25 heavy (non-hydrogen) atoms. The van der Waals surface area contributed by atoms with Gasteiger partial charge in [0.05, 0.1) is 0 Å². The van der Waals surface area contributed by atoms with Gasteiger partial charge in [-0.25, -0.2) is 0 Å². The summed E-state index contributed by atoms with van der Waals surface area (Å²) in [5, 5.41) is 14.8. The molecule has 0 aliphatic heterocycles. The van der Waals surface area contributed by atoms with E-state index in [0.29, 0.717) is 6.54 Å². The van der Waals surface area contributed by atoms with Crippen molar-refractivity contribution in [3.8, 4) is 0 Å². The van der Waals surface area contributed by atoms with Gasteiger partial charge in [0.25, 0.3) is 0 Å². The zero-order valence-electron chi connectivity index (χ0n) is 14.3. The molecule has 0 bridgehead atoms. The van der Waals surface area contributed by atoms with Crippen LogP contribution in [0.1, 0.15) is 40.9 Å². The second-order valence-electron chi connectivity index (χ2n) is 6.49. The zero-order valence-corrected chi connectivity index (χ0v) is 14.3. The molecule has 1 unspecified atom stereocenters. The Balaban J connectivity index is 1.51. The number of H-pyrrole nitrogens is 1. The zero-order chi connectivity index (χ0) is 17.4. The van der Waals surface area contributed by atoms with Crippen LogP contribution < -0.4 is 10.6 Å². The first-order chi connectivity index (χ1) is 12.1. The molecule has 1 aromatic carbocycles. The number of aromatic nitrogens is 3. The number of carbonyl (C=O) groups excluding carboxylic acids is 1. The first-order valence-corrected chi connectivity index (χ1v) is 8.62. The molecule has 2 aromatic heterocycles. The van der Waals surface area contributed by atoms with E-state index in [9.17, 15) is 4.79 Å². The summed E-state index contributed by atoms with van der Waals surface area (Å²) in [4.78, 5) is 15.9. The minimum atomic E-state index is -0.318. The summed E-state index contributed by atoms with van der Waals surface area (Å²) in [5.41, 5.74) is 4.98. The largest absolute Gasteiger partial charge is 0.399 e. The van der Waals surface area contributed by atoms with Gasteiger partial charge in [0.1, 0.15) is 0 Å². The Morgan fingerprint density at radius 1 is 1.40 bits per heavy atom. The first kappa shape index (κ1) is 15.7. The topological polar surface area (TPSA) is 95.8 Å². The van der Waals surface area contributed by atoms with Crippen LogP contribution in [0.15, 0.2) is 22.6 Å². The van der Waals surface area contributed by atoms with Crippen LogP contribution in [0.4, 0.5) is 6.01 Å². The average molecular weight is 339 g/mol. The van der Waals surface area contributed by atoms with E-state index in [1.807, 2.05) is 6.92 Å². The standard InChI is InChI=1S/C18H21N5O2/c1-3-19-18-23-22-17(25-18)16(24)20-11-5-7-15-13(9-11)12-8-10(2)4-6-14(12)21-15/h4,6,8,11,21H,3,5,7,9H2,1-2H3,(H,19,23)(H,20,24). The normalized spacial score (nSPS) is 16.6. The third kappa shape index (κ3) is 2.97. The minimum Gasteiger partial charge on any atom is -0.399 e. The maximum Gasteiger partial charge on any atom is 0.315 e. The van der Waals surface area contributed by atoms with Gasteiger partial charge >= 0.3 is 17.8 Å². The Kier molecular flexibility index (Phi) is 3.91. The Morgan fingerprint density at radius 3 is 3.12 bits per heavy atom. The maximum absolute atomic E-state index is 12.4. The Labute approximate surface area is 145 Å². The molecule has 130 valence electrons. The highest BCUT2D eigenvalue weighted by Crippen LogP contribution is 2.30. The molecular formula is C18H21N5O2. The number of aromatic amines is 1. The van der Waals surface area contributed by atoms with Crippen LogP contribution in [0, 0.1) is 6.92 Å². The summed E-state index contributed by atoms with van der Waals surface area (Å²) in [5.74, 6) is -0.322. The SMILES string of the molecule is CCNc1nnc(C(=O)NC2CCc3[nH]c4ccc(C)cc4c3C2)o1. The maximum atomic E-state index is 12.4. The van der Waals surface area contributed by atoms with Crippen molar-refractivity contribution in [1.29, 1.82) is 0 Å². The Morgan fingerprint density at radius 2 is 2.28 bits per heavy atom. The van der Waals surface area contributed by atoms with Crippen molar-refractivity contribution in [3.05, 3.63) is 40.9 Å².